The van der Waals surface area contributed by atoms with Crippen molar-refractivity contribution in [3.63, 3.8) is 0 Å². The van der Waals surface area contributed by atoms with E-state index in [9.17, 15) is 14.4 Å². The molecule has 0 unspecified atom stereocenters. The maximum Gasteiger partial charge on any atom is 0.409 e. The largest absolute Gasteiger partial charge is 0.453 e. The Hall–Kier alpha value is -2.81. The molecule has 9 heteroatoms. The van der Waals surface area contributed by atoms with E-state index in [1.807, 2.05) is 23.1 Å². The van der Waals surface area contributed by atoms with Crippen LogP contribution < -0.4 is 15.5 Å². The highest BCUT2D eigenvalue weighted by atomic mass is 16.5. The molecule has 1 aromatic rings. The van der Waals surface area contributed by atoms with E-state index in [-0.39, 0.29) is 23.8 Å². The number of carbonyl (C=O) groups is 3. The van der Waals surface area contributed by atoms with Crippen LogP contribution in [0.25, 0.3) is 0 Å². The third kappa shape index (κ3) is 5.58. The molecule has 4 rings (SSSR count). The molecule has 3 fully saturated rings. The van der Waals surface area contributed by atoms with Gasteiger partial charge in [0.1, 0.15) is 0 Å². The first-order valence-electron chi connectivity index (χ1n) is 12.1. The molecule has 2 heterocycles. The van der Waals surface area contributed by atoms with Crippen LogP contribution in [0.2, 0.25) is 0 Å². The lowest BCUT2D eigenvalue weighted by Crippen LogP contribution is -2.49. The average molecular weight is 458 g/mol. The monoisotopic (exact) mass is 457 g/mol. The van der Waals surface area contributed by atoms with Gasteiger partial charge in [-0.1, -0.05) is 19.3 Å². The predicted molar refractivity (Wildman–Crippen MR) is 127 cm³/mol. The lowest BCUT2D eigenvalue weighted by atomic mass is 9.88. The number of anilines is 2. The molecule has 1 aliphatic carbocycles. The summed E-state index contributed by atoms with van der Waals surface area (Å²) < 4.78 is 4.84. The average Bonchev–Trinajstić information content (AvgIpc) is 2.89. The number of piperazine rings is 2. The van der Waals surface area contributed by atoms with E-state index in [1.165, 1.54) is 13.5 Å². The first-order chi connectivity index (χ1) is 16.1. The van der Waals surface area contributed by atoms with E-state index in [1.54, 1.807) is 4.90 Å². The summed E-state index contributed by atoms with van der Waals surface area (Å²) in [5.74, 6) is 0.0537. The lowest BCUT2D eigenvalue weighted by molar-refractivity contribution is -0.120. The molecular formula is C24H35N5O4. The molecule has 1 saturated carbocycles. The van der Waals surface area contributed by atoms with Gasteiger partial charge in [0, 0.05) is 63.8 Å². The highest BCUT2D eigenvalue weighted by Gasteiger charge is 2.27. The molecular weight excluding hydrogens is 422 g/mol. The summed E-state index contributed by atoms with van der Waals surface area (Å²) in [7, 11) is 1.39. The number of methoxy groups -OCH3 is 1. The van der Waals surface area contributed by atoms with Crippen LogP contribution in [0.5, 0.6) is 0 Å². The van der Waals surface area contributed by atoms with Crippen molar-refractivity contribution in [3.05, 3.63) is 23.8 Å². The van der Waals surface area contributed by atoms with Gasteiger partial charge in [0.25, 0.3) is 5.91 Å². The zero-order valence-electron chi connectivity index (χ0n) is 19.5. The number of amides is 3. The van der Waals surface area contributed by atoms with Crippen LogP contribution >= 0.6 is 0 Å². The van der Waals surface area contributed by atoms with Gasteiger partial charge >= 0.3 is 6.09 Å². The molecule has 0 spiro atoms. The SMILES string of the molecule is COC(=O)N1CCN(c2ccc(C(=O)N3CCNCC3)cc2NC(=O)C2CCCCC2)CC1. The third-order valence-electron chi connectivity index (χ3n) is 6.93. The third-order valence-corrected chi connectivity index (χ3v) is 6.93. The molecule has 3 amide bonds. The second kappa shape index (κ2) is 10.9. The quantitative estimate of drug-likeness (QED) is 0.720. The maximum atomic E-state index is 13.1. The molecule has 33 heavy (non-hydrogen) atoms. The number of nitrogens with one attached hydrogen (secondary N) is 2. The Morgan fingerprint density at radius 3 is 2.30 bits per heavy atom. The zero-order valence-corrected chi connectivity index (χ0v) is 19.5. The Balaban J connectivity index is 1.54. The fraction of sp³-hybridized carbons (Fsp3) is 0.625. The molecule has 0 radical (unpaired) electrons. The van der Waals surface area contributed by atoms with Gasteiger partial charge in [-0.2, -0.15) is 0 Å². The molecule has 2 saturated heterocycles. The first kappa shape index (κ1) is 23.4. The van der Waals surface area contributed by atoms with Crippen molar-refractivity contribution < 1.29 is 19.1 Å². The standard InChI is InChI=1S/C24H35N5O4/c1-33-24(32)29-15-13-27(14-16-29)21-8-7-19(23(31)28-11-9-25-10-12-28)17-20(21)26-22(30)18-5-3-2-4-6-18/h7-8,17-18,25H,2-6,9-16H2,1H3,(H,26,30). The van der Waals surface area contributed by atoms with Gasteiger partial charge in [-0.25, -0.2) is 4.79 Å². The molecule has 3 aliphatic rings. The summed E-state index contributed by atoms with van der Waals surface area (Å²) in [5.41, 5.74) is 2.16. The van der Waals surface area contributed by atoms with Crippen molar-refractivity contribution in [2.75, 3.05) is 69.7 Å². The number of hydrogen-bond donors (Lipinski definition) is 2. The van der Waals surface area contributed by atoms with E-state index in [0.29, 0.717) is 50.5 Å². The fourth-order valence-corrected chi connectivity index (χ4v) is 4.95. The van der Waals surface area contributed by atoms with E-state index < -0.39 is 0 Å². The Bertz CT molecular complexity index is 856. The Morgan fingerprint density at radius 2 is 1.64 bits per heavy atom. The van der Waals surface area contributed by atoms with E-state index in [2.05, 4.69) is 15.5 Å². The minimum absolute atomic E-state index is 0.00766. The summed E-state index contributed by atoms with van der Waals surface area (Å²) >= 11 is 0. The topological polar surface area (TPSA) is 94.2 Å². The van der Waals surface area contributed by atoms with Gasteiger partial charge in [-0.15, -0.1) is 0 Å². The number of carbonyl (C=O) groups excluding carboxylic acids is 3. The number of ether oxygens (including phenoxy) is 1. The van der Waals surface area contributed by atoms with Crippen LogP contribution in [-0.2, 0) is 9.53 Å². The van der Waals surface area contributed by atoms with E-state index in [0.717, 1.165) is 44.5 Å². The van der Waals surface area contributed by atoms with Crippen molar-refractivity contribution >= 4 is 29.3 Å². The summed E-state index contributed by atoms with van der Waals surface area (Å²) in [5, 5.41) is 6.42. The zero-order chi connectivity index (χ0) is 23.2. The smallest absolute Gasteiger partial charge is 0.409 e. The van der Waals surface area contributed by atoms with Crippen LogP contribution in [0, 0.1) is 5.92 Å². The normalized spacial score (nSPS) is 19.8. The molecule has 0 bridgehead atoms. The van der Waals surface area contributed by atoms with Gasteiger partial charge in [0.05, 0.1) is 18.5 Å². The van der Waals surface area contributed by atoms with Crippen molar-refractivity contribution in [2.45, 2.75) is 32.1 Å². The Kier molecular flexibility index (Phi) is 7.69. The molecule has 1 aromatic carbocycles. The number of benzene rings is 1. The number of hydrogen-bond acceptors (Lipinski definition) is 6. The second-order valence-electron chi connectivity index (χ2n) is 9.04. The summed E-state index contributed by atoms with van der Waals surface area (Å²) in [6.07, 6.45) is 4.87. The van der Waals surface area contributed by atoms with Gasteiger partial charge in [-0.05, 0) is 31.0 Å². The molecule has 0 aromatic heterocycles. The summed E-state index contributed by atoms with van der Waals surface area (Å²) in [4.78, 5) is 43.7. The van der Waals surface area contributed by atoms with Crippen LogP contribution in [0.1, 0.15) is 42.5 Å². The van der Waals surface area contributed by atoms with Gasteiger partial charge in [0.2, 0.25) is 5.91 Å². The predicted octanol–water partition coefficient (Wildman–Crippen LogP) is 2.14. The van der Waals surface area contributed by atoms with Crippen molar-refractivity contribution in [3.8, 4) is 0 Å². The van der Waals surface area contributed by atoms with Crippen molar-refractivity contribution in [2.24, 2.45) is 5.92 Å². The fourth-order valence-electron chi connectivity index (χ4n) is 4.95. The number of rotatable bonds is 4. The van der Waals surface area contributed by atoms with Gasteiger partial charge in [-0.3, -0.25) is 9.59 Å². The van der Waals surface area contributed by atoms with E-state index >= 15 is 0 Å². The highest BCUT2D eigenvalue weighted by Crippen LogP contribution is 2.31. The highest BCUT2D eigenvalue weighted by molar-refractivity contribution is 6.00. The molecule has 9 nitrogen and oxygen atoms in total. The summed E-state index contributed by atoms with van der Waals surface area (Å²) in [6.45, 7) is 5.30. The minimum atomic E-state index is -0.322. The number of nitrogens with zero attached hydrogens (tertiary/aromatic N) is 3. The molecule has 0 atom stereocenters. The van der Waals surface area contributed by atoms with Crippen LogP contribution in [0.3, 0.4) is 0 Å². The van der Waals surface area contributed by atoms with Crippen molar-refractivity contribution in [1.29, 1.82) is 0 Å². The van der Waals surface area contributed by atoms with Crippen LogP contribution in [0.4, 0.5) is 16.2 Å². The molecule has 2 N–H and O–H groups in total. The first-order valence-corrected chi connectivity index (χ1v) is 12.1. The molecule has 2 aliphatic heterocycles. The van der Waals surface area contributed by atoms with E-state index in [4.69, 9.17) is 4.74 Å². The van der Waals surface area contributed by atoms with Crippen LogP contribution in [-0.4, -0.2) is 87.2 Å². The maximum absolute atomic E-state index is 13.1. The lowest BCUT2D eigenvalue weighted by Gasteiger charge is -2.36. The Morgan fingerprint density at radius 1 is 0.939 bits per heavy atom. The summed E-state index contributed by atoms with van der Waals surface area (Å²) in [6, 6.07) is 5.61. The van der Waals surface area contributed by atoms with Gasteiger partial charge < -0.3 is 30.1 Å². The van der Waals surface area contributed by atoms with Crippen LogP contribution in [0.15, 0.2) is 18.2 Å². The van der Waals surface area contributed by atoms with Gasteiger partial charge in [0.15, 0.2) is 0 Å². The molecule has 180 valence electrons. The Labute approximate surface area is 195 Å². The minimum Gasteiger partial charge on any atom is -0.453 e. The second-order valence-corrected chi connectivity index (χ2v) is 9.04. The van der Waals surface area contributed by atoms with Crippen molar-refractivity contribution in [1.82, 2.24) is 15.1 Å².